The van der Waals surface area contributed by atoms with Crippen LogP contribution in [0.2, 0.25) is 0 Å². The Kier molecular flexibility index (Phi) is 2.45. The number of aromatic nitrogens is 2. The van der Waals surface area contributed by atoms with E-state index in [4.69, 9.17) is 5.11 Å². The molecule has 0 saturated carbocycles. The van der Waals surface area contributed by atoms with Gasteiger partial charge in [0.15, 0.2) is 0 Å². The molecular formula is C14H10N2O3. The zero-order chi connectivity index (χ0) is 13.4. The minimum atomic E-state index is -1.12. The molecule has 0 fully saturated rings. The third-order valence-corrected chi connectivity index (χ3v) is 2.98. The summed E-state index contributed by atoms with van der Waals surface area (Å²) in [4.78, 5) is 28.3. The lowest BCUT2D eigenvalue weighted by molar-refractivity contribution is 0.0696. The van der Waals surface area contributed by atoms with Gasteiger partial charge in [0.1, 0.15) is 0 Å². The Morgan fingerprint density at radius 1 is 1.16 bits per heavy atom. The van der Waals surface area contributed by atoms with Crippen LogP contribution in [0.3, 0.4) is 0 Å². The van der Waals surface area contributed by atoms with Crippen molar-refractivity contribution in [2.75, 3.05) is 0 Å². The number of carbonyl (C=O) groups is 1. The van der Waals surface area contributed by atoms with Gasteiger partial charge >= 0.3 is 5.97 Å². The Morgan fingerprint density at radius 3 is 2.79 bits per heavy atom. The molecule has 3 rings (SSSR count). The second kappa shape index (κ2) is 4.13. The number of carboxylic acid groups (broad SMARTS) is 1. The molecule has 0 bridgehead atoms. The molecule has 0 aliphatic carbocycles. The summed E-state index contributed by atoms with van der Waals surface area (Å²) in [5.74, 6) is -1.12. The first-order valence-electron chi connectivity index (χ1n) is 5.69. The van der Waals surface area contributed by atoms with Gasteiger partial charge in [-0.3, -0.25) is 4.79 Å². The van der Waals surface area contributed by atoms with Crippen LogP contribution in [0.1, 0.15) is 10.4 Å². The van der Waals surface area contributed by atoms with Crippen LogP contribution < -0.4 is 5.56 Å². The number of nitrogens with one attached hydrogen (secondary N) is 2. The minimum absolute atomic E-state index is 0.0220. The number of carboxylic acids is 1. The molecule has 1 aromatic carbocycles. The van der Waals surface area contributed by atoms with Crippen LogP contribution in [0.25, 0.3) is 22.2 Å². The lowest BCUT2D eigenvalue weighted by Crippen LogP contribution is -2.10. The van der Waals surface area contributed by atoms with Crippen molar-refractivity contribution in [2.45, 2.75) is 0 Å². The van der Waals surface area contributed by atoms with Crippen molar-refractivity contribution in [2.24, 2.45) is 0 Å². The standard InChI is InChI=1S/C14H10N2O3/c17-13-7-8(14(18)19)6-12(16-13)9-2-1-3-11-10(9)4-5-15-11/h1-7,15H,(H,16,17)(H,18,19). The van der Waals surface area contributed by atoms with E-state index in [-0.39, 0.29) is 5.56 Å². The number of H-pyrrole nitrogens is 2. The Bertz CT molecular complexity index is 830. The van der Waals surface area contributed by atoms with E-state index in [1.54, 1.807) is 6.20 Å². The lowest BCUT2D eigenvalue weighted by Gasteiger charge is -2.04. The van der Waals surface area contributed by atoms with E-state index in [9.17, 15) is 9.59 Å². The highest BCUT2D eigenvalue weighted by atomic mass is 16.4. The van der Waals surface area contributed by atoms with Gasteiger partial charge < -0.3 is 15.1 Å². The van der Waals surface area contributed by atoms with Crippen molar-refractivity contribution >= 4 is 16.9 Å². The van der Waals surface area contributed by atoms with E-state index >= 15 is 0 Å². The van der Waals surface area contributed by atoms with Gasteiger partial charge in [0.25, 0.3) is 0 Å². The smallest absolute Gasteiger partial charge is 0.335 e. The zero-order valence-corrected chi connectivity index (χ0v) is 9.81. The second-order valence-corrected chi connectivity index (χ2v) is 4.20. The van der Waals surface area contributed by atoms with E-state index in [0.717, 1.165) is 22.5 Å². The number of fused-ring (bicyclic) bond motifs is 1. The Hall–Kier alpha value is -2.82. The molecule has 0 saturated heterocycles. The van der Waals surface area contributed by atoms with Crippen molar-refractivity contribution in [3.63, 3.8) is 0 Å². The van der Waals surface area contributed by atoms with Crippen LogP contribution >= 0.6 is 0 Å². The van der Waals surface area contributed by atoms with E-state index < -0.39 is 11.5 Å². The average molecular weight is 254 g/mol. The number of hydrogen-bond donors (Lipinski definition) is 3. The van der Waals surface area contributed by atoms with Gasteiger partial charge in [-0.1, -0.05) is 12.1 Å². The first kappa shape index (κ1) is 11.3. The summed E-state index contributed by atoms with van der Waals surface area (Å²) in [6.07, 6.45) is 1.80. The Morgan fingerprint density at radius 2 is 2.00 bits per heavy atom. The first-order chi connectivity index (χ1) is 9.15. The average Bonchev–Trinajstić information content (AvgIpc) is 2.85. The van der Waals surface area contributed by atoms with Crippen molar-refractivity contribution in [1.82, 2.24) is 9.97 Å². The molecule has 0 atom stereocenters. The molecule has 19 heavy (non-hydrogen) atoms. The van der Waals surface area contributed by atoms with E-state index in [1.165, 1.54) is 6.07 Å². The van der Waals surface area contributed by atoms with Gasteiger partial charge in [0.05, 0.1) is 5.56 Å². The third kappa shape index (κ3) is 1.91. The summed E-state index contributed by atoms with van der Waals surface area (Å²) in [7, 11) is 0. The number of pyridine rings is 1. The largest absolute Gasteiger partial charge is 0.478 e. The first-order valence-corrected chi connectivity index (χ1v) is 5.69. The molecule has 0 aliphatic heterocycles. The molecule has 0 unspecified atom stereocenters. The summed E-state index contributed by atoms with van der Waals surface area (Å²) >= 11 is 0. The van der Waals surface area contributed by atoms with Gasteiger partial charge in [-0.2, -0.15) is 0 Å². The van der Waals surface area contributed by atoms with Gasteiger partial charge in [-0.15, -0.1) is 0 Å². The van der Waals surface area contributed by atoms with Crippen LogP contribution in [0, 0.1) is 0 Å². The molecular weight excluding hydrogens is 244 g/mol. The highest BCUT2D eigenvalue weighted by Gasteiger charge is 2.10. The van der Waals surface area contributed by atoms with Crippen molar-refractivity contribution < 1.29 is 9.90 Å². The van der Waals surface area contributed by atoms with Gasteiger partial charge in [0.2, 0.25) is 5.56 Å². The fourth-order valence-corrected chi connectivity index (χ4v) is 2.13. The molecule has 5 nitrogen and oxygen atoms in total. The molecule has 0 amide bonds. The molecule has 2 heterocycles. The quantitative estimate of drug-likeness (QED) is 0.655. The highest BCUT2D eigenvalue weighted by Crippen LogP contribution is 2.26. The summed E-state index contributed by atoms with van der Waals surface area (Å²) in [6.45, 7) is 0. The molecule has 94 valence electrons. The summed E-state index contributed by atoms with van der Waals surface area (Å²) in [5, 5.41) is 9.93. The second-order valence-electron chi connectivity index (χ2n) is 4.20. The maximum atomic E-state index is 11.5. The van der Waals surface area contributed by atoms with Gasteiger partial charge in [-0.25, -0.2) is 4.79 Å². The molecule has 5 heteroatoms. The van der Waals surface area contributed by atoms with Crippen molar-refractivity contribution in [3.8, 4) is 11.3 Å². The number of hydrogen-bond acceptors (Lipinski definition) is 2. The predicted molar refractivity (Wildman–Crippen MR) is 71.3 cm³/mol. The van der Waals surface area contributed by atoms with Crippen LogP contribution in [0.5, 0.6) is 0 Å². The molecule has 0 spiro atoms. The molecule has 0 aliphatic rings. The summed E-state index contributed by atoms with van der Waals surface area (Å²) in [5.41, 5.74) is 1.77. The number of benzene rings is 1. The van der Waals surface area contributed by atoms with Crippen molar-refractivity contribution in [1.29, 1.82) is 0 Å². The van der Waals surface area contributed by atoms with E-state index in [2.05, 4.69) is 9.97 Å². The van der Waals surface area contributed by atoms with E-state index in [1.807, 2.05) is 24.3 Å². The van der Waals surface area contributed by atoms with Crippen LogP contribution in [-0.4, -0.2) is 21.0 Å². The van der Waals surface area contributed by atoms with E-state index in [0.29, 0.717) is 5.69 Å². The van der Waals surface area contributed by atoms with Crippen LogP contribution in [-0.2, 0) is 0 Å². The van der Waals surface area contributed by atoms with Crippen LogP contribution in [0.15, 0.2) is 47.4 Å². The molecule has 3 aromatic rings. The van der Waals surface area contributed by atoms with Crippen molar-refractivity contribution in [3.05, 3.63) is 58.5 Å². The normalized spacial score (nSPS) is 10.7. The number of aromatic amines is 2. The maximum absolute atomic E-state index is 11.5. The number of rotatable bonds is 2. The van der Waals surface area contributed by atoms with Gasteiger partial charge in [0, 0.05) is 34.4 Å². The lowest BCUT2D eigenvalue weighted by atomic mass is 10.1. The molecule has 3 N–H and O–H groups in total. The maximum Gasteiger partial charge on any atom is 0.335 e. The SMILES string of the molecule is O=C(O)c1cc(-c2cccc3[nH]ccc23)[nH]c(=O)c1. The van der Waals surface area contributed by atoms with Gasteiger partial charge in [-0.05, 0) is 18.2 Å². The fraction of sp³-hybridized carbons (Fsp3) is 0. The number of aromatic carboxylic acids is 1. The topological polar surface area (TPSA) is 85.9 Å². The predicted octanol–water partition coefficient (Wildman–Crippen LogP) is 2.22. The zero-order valence-electron chi connectivity index (χ0n) is 9.81. The highest BCUT2D eigenvalue weighted by molar-refractivity contribution is 5.95. The molecule has 2 aromatic heterocycles. The summed E-state index contributed by atoms with van der Waals surface area (Å²) in [6, 6.07) is 10.0. The summed E-state index contributed by atoms with van der Waals surface area (Å²) < 4.78 is 0. The Balaban J connectivity index is 2.30. The fourth-order valence-electron chi connectivity index (χ4n) is 2.13. The van der Waals surface area contributed by atoms with Crippen LogP contribution in [0.4, 0.5) is 0 Å². The third-order valence-electron chi connectivity index (χ3n) is 2.98. The Labute approximate surface area is 107 Å². The monoisotopic (exact) mass is 254 g/mol. The minimum Gasteiger partial charge on any atom is -0.478 e. The molecule has 0 radical (unpaired) electrons.